The topological polar surface area (TPSA) is 30.5 Å². The number of nitrogens with one attached hydrogen (secondary N) is 1. The Labute approximate surface area is 129 Å². The fraction of sp³-hybridized carbons (Fsp3) is 0.625. The molecule has 3 nitrogen and oxygen atoms in total. The fourth-order valence-electron chi connectivity index (χ4n) is 3.14. The number of fused-ring (bicyclic) bond motifs is 1. The van der Waals surface area contributed by atoms with E-state index in [-0.39, 0.29) is 0 Å². The maximum absolute atomic E-state index is 5.87. The summed E-state index contributed by atoms with van der Waals surface area (Å²) in [6, 6.07) is 7.09. The zero-order valence-corrected chi connectivity index (χ0v) is 13.5. The third kappa shape index (κ3) is 3.18. The number of hydrogen-bond donors (Lipinski definition) is 1. The van der Waals surface area contributed by atoms with Crippen LogP contribution in [0.4, 0.5) is 0 Å². The van der Waals surface area contributed by atoms with E-state index >= 15 is 0 Å². The smallest absolute Gasteiger partial charge is 0.125 e. The highest BCUT2D eigenvalue weighted by Crippen LogP contribution is 2.34. The van der Waals surface area contributed by atoms with Gasteiger partial charge in [-0.1, -0.05) is 22.0 Å². The van der Waals surface area contributed by atoms with Crippen molar-refractivity contribution in [2.24, 2.45) is 0 Å². The standard InChI is InChI=1S/C16H22BrNO2/c1-11(15-5-3-9-19-15)18-14-4-2-8-20-16-10-12(17)6-7-13(14)16/h6-7,10-11,14-15,18H,2-5,8-9H2,1H3. The van der Waals surface area contributed by atoms with E-state index in [1.54, 1.807) is 0 Å². The van der Waals surface area contributed by atoms with Gasteiger partial charge in [0.25, 0.3) is 0 Å². The Balaban J connectivity index is 1.75. The number of ether oxygens (including phenoxy) is 2. The summed E-state index contributed by atoms with van der Waals surface area (Å²) in [4.78, 5) is 0. The van der Waals surface area contributed by atoms with Crippen LogP contribution in [0.1, 0.15) is 44.2 Å². The average Bonchev–Trinajstić information content (AvgIpc) is 2.90. The molecule has 2 aliphatic heterocycles. The van der Waals surface area contributed by atoms with E-state index < -0.39 is 0 Å². The SMILES string of the molecule is CC(NC1CCCOc2cc(Br)ccc21)C1CCCO1. The predicted octanol–water partition coefficient (Wildman–Crippen LogP) is 3.82. The van der Waals surface area contributed by atoms with Crippen molar-refractivity contribution in [3.63, 3.8) is 0 Å². The van der Waals surface area contributed by atoms with Crippen molar-refractivity contribution in [1.29, 1.82) is 0 Å². The first kappa shape index (κ1) is 14.4. The molecule has 0 bridgehead atoms. The molecule has 1 saturated heterocycles. The summed E-state index contributed by atoms with van der Waals surface area (Å²) >= 11 is 3.52. The molecule has 1 aromatic rings. The molecular formula is C16H22BrNO2. The Bertz CT molecular complexity index is 460. The first-order valence-corrected chi connectivity index (χ1v) is 8.33. The third-order valence-electron chi connectivity index (χ3n) is 4.23. The largest absolute Gasteiger partial charge is 0.493 e. The third-order valence-corrected chi connectivity index (χ3v) is 4.73. The molecule has 20 heavy (non-hydrogen) atoms. The van der Waals surface area contributed by atoms with Crippen LogP contribution in [0.15, 0.2) is 22.7 Å². The van der Waals surface area contributed by atoms with E-state index in [9.17, 15) is 0 Å². The van der Waals surface area contributed by atoms with Crippen molar-refractivity contribution in [2.45, 2.75) is 50.8 Å². The van der Waals surface area contributed by atoms with E-state index in [1.807, 2.05) is 0 Å². The number of benzene rings is 1. The normalized spacial score (nSPS) is 27.5. The minimum Gasteiger partial charge on any atom is -0.493 e. The summed E-state index contributed by atoms with van der Waals surface area (Å²) in [5.41, 5.74) is 1.27. The minimum atomic E-state index is 0.359. The van der Waals surface area contributed by atoms with Gasteiger partial charge in [-0.05, 0) is 44.7 Å². The van der Waals surface area contributed by atoms with Crippen LogP contribution in [-0.2, 0) is 4.74 Å². The molecule has 110 valence electrons. The van der Waals surface area contributed by atoms with Gasteiger partial charge in [-0.25, -0.2) is 0 Å². The van der Waals surface area contributed by atoms with Gasteiger partial charge >= 0.3 is 0 Å². The molecule has 3 rings (SSSR count). The Morgan fingerprint density at radius 1 is 1.25 bits per heavy atom. The Morgan fingerprint density at radius 3 is 2.90 bits per heavy atom. The van der Waals surface area contributed by atoms with Crippen molar-refractivity contribution in [1.82, 2.24) is 5.32 Å². The van der Waals surface area contributed by atoms with Crippen LogP contribution in [0.5, 0.6) is 5.75 Å². The lowest BCUT2D eigenvalue weighted by atomic mass is 9.99. The van der Waals surface area contributed by atoms with Crippen molar-refractivity contribution in [3.05, 3.63) is 28.2 Å². The molecule has 2 heterocycles. The van der Waals surface area contributed by atoms with Gasteiger partial charge in [0.05, 0.1) is 12.7 Å². The summed E-state index contributed by atoms with van der Waals surface area (Å²) in [6.45, 7) is 3.95. The van der Waals surface area contributed by atoms with Gasteiger partial charge in [-0.15, -0.1) is 0 Å². The quantitative estimate of drug-likeness (QED) is 0.907. The fourth-order valence-corrected chi connectivity index (χ4v) is 3.48. The average molecular weight is 340 g/mol. The summed E-state index contributed by atoms with van der Waals surface area (Å²) in [6.07, 6.45) is 4.92. The molecule has 4 heteroatoms. The van der Waals surface area contributed by atoms with Gasteiger partial charge in [0.15, 0.2) is 0 Å². The van der Waals surface area contributed by atoms with Crippen LogP contribution in [0, 0.1) is 0 Å². The second-order valence-electron chi connectivity index (χ2n) is 5.73. The summed E-state index contributed by atoms with van der Waals surface area (Å²) in [7, 11) is 0. The Hall–Kier alpha value is -0.580. The van der Waals surface area contributed by atoms with Crippen LogP contribution in [0.25, 0.3) is 0 Å². The summed E-state index contributed by atoms with van der Waals surface area (Å²) in [5, 5.41) is 3.76. The molecule has 3 unspecified atom stereocenters. The van der Waals surface area contributed by atoms with Gasteiger partial charge in [0.2, 0.25) is 0 Å². The molecule has 2 aliphatic rings. The molecule has 0 saturated carbocycles. The van der Waals surface area contributed by atoms with Crippen molar-refractivity contribution >= 4 is 15.9 Å². The first-order chi connectivity index (χ1) is 9.74. The lowest BCUT2D eigenvalue weighted by Gasteiger charge is -2.26. The van der Waals surface area contributed by atoms with E-state index in [1.165, 1.54) is 18.4 Å². The highest BCUT2D eigenvalue weighted by Gasteiger charge is 2.27. The van der Waals surface area contributed by atoms with Crippen LogP contribution in [-0.4, -0.2) is 25.4 Å². The zero-order valence-electron chi connectivity index (χ0n) is 11.9. The lowest BCUT2D eigenvalue weighted by molar-refractivity contribution is 0.0792. The van der Waals surface area contributed by atoms with E-state index in [0.717, 1.165) is 36.3 Å². The number of halogens is 1. The maximum Gasteiger partial charge on any atom is 0.125 e. The summed E-state index contributed by atoms with van der Waals surface area (Å²) < 4.78 is 12.7. The number of hydrogen-bond acceptors (Lipinski definition) is 3. The van der Waals surface area contributed by atoms with E-state index in [4.69, 9.17) is 9.47 Å². The number of rotatable bonds is 3. The minimum absolute atomic E-state index is 0.359. The predicted molar refractivity (Wildman–Crippen MR) is 83.2 cm³/mol. The molecule has 0 radical (unpaired) electrons. The molecule has 0 aliphatic carbocycles. The second kappa shape index (κ2) is 6.46. The highest BCUT2D eigenvalue weighted by atomic mass is 79.9. The van der Waals surface area contributed by atoms with Gasteiger partial charge in [0, 0.05) is 28.7 Å². The molecular weight excluding hydrogens is 318 g/mol. The van der Waals surface area contributed by atoms with Gasteiger partial charge in [0.1, 0.15) is 5.75 Å². The Kier molecular flexibility index (Phi) is 4.64. The lowest BCUT2D eigenvalue weighted by Crippen LogP contribution is -2.39. The Morgan fingerprint density at radius 2 is 2.10 bits per heavy atom. The molecule has 1 aromatic carbocycles. The van der Waals surface area contributed by atoms with Gasteiger partial charge in [-0.2, -0.15) is 0 Å². The van der Waals surface area contributed by atoms with Gasteiger partial charge < -0.3 is 14.8 Å². The highest BCUT2D eigenvalue weighted by molar-refractivity contribution is 9.10. The molecule has 1 fully saturated rings. The maximum atomic E-state index is 5.87. The van der Waals surface area contributed by atoms with Crippen molar-refractivity contribution < 1.29 is 9.47 Å². The molecule has 0 spiro atoms. The van der Waals surface area contributed by atoms with Crippen LogP contribution in [0.2, 0.25) is 0 Å². The second-order valence-corrected chi connectivity index (χ2v) is 6.65. The van der Waals surface area contributed by atoms with Crippen molar-refractivity contribution in [3.8, 4) is 5.75 Å². The monoisotopic (exact) mass is 339 g/mol. The molecule has 3 atom stereocenters. The van der Waals surface area contributed by atoms with Crippen LogP contribution < -0.4 is 10.1 Å². The first-order valence-electron chi connectivity index (χ1n) is 7.54. The molecule has 0 aromatic heterocycles. The van der Waals surface area contributed by atoms with E-state index in [0.29, 0.717) is 18.2 Å². The van der Waals surface area contributed by atoms with Crippen molar-refractivity contribution in [2.75, 3.05) is 13.2 Å². The van der Waals surface area contributed by atoms with Gasteiger partial charge in [-0.3, -0.25) is 0 Å². The summed E-state index contributed by atoms with van der Waals surface area (Å²) in [5.74, 6) is 1.01. The van der Waals surface area contributed by atoms with Crippen LogP contribution in [0.3, 0.4) is 0 Å². The zero-order chi connectivity index (χ0) is 13.9. The molecule has 1 N–H and O–H groups in total. The van der Waals surface area contributed by atoms with E-state index in [2.05, 4.69) is 46.4 Å². The molecule has 0 amide bonds. The van der Waals surface area contributed by atoms with Crippen LogP contribution >= 0.6 is 15.9 Å².